The molecule has 0 saturated heterocycles. The number of rotatable bonds is 1. The van der Waals surface area contributed by atoms with E-state index in [9.17, 15) is 4.39 Å². The quantitative estimate of drug-likeness (QED) is 0.700. The van der Waals surface area contributed by atoms with Gasteiger partial charge in [-0.3, -0.25) is 0 Å². The van der Waals surface area contributed by atoms with Crippen molar-refractivity contribution >= 4 is 6.08 Å². The fourth-order valence-corrected chi connectivity index (χ4v) is 2.74. The summed E-state index contributed by atoms with van der Waals surface area (Å²) in [5, 5.41) is 1.21. The van der Waals surface area contributed by atoms with Crippen molar-refractivity contribution in [2.45, 2.75) is 20.3 Å². The number of allylic oxidation sites excluding steroid dienone is 2. The molecule has 0 fully saturated rings. The van der Waals surface area contributed by atoms with Gasteiger partial charge in [-0.25, -0.2) is 4.39 Å². The predicted molar refractivity (Wildman–Crippen MR) is 79.2 cm³/mol. The Kier molecular flexibility index (Phi) is 3.01. The van der Waals surface area contributed by atoms with Crippen molar-refractivity contribution in [3.63, 3.8) is 0 Å². The second-order valence-electron chi connectivity index (χ2n) is 5.28. The molecule has 1 heterocycles. The van der Waals surface area contributed by atoms with E-state index in [0.717, 1.165) is 23.2 Å². The molecule has 0 radical (unpaired) electrons. The highest BCUT2D eigenvalue weighted by molar-refractivity contribution is 5.67. The highest BCUT2D eigenvalue weighted by atomic mass is 19.1. The zero-order chi connectivity index (χ0) is 14.3. The number of halogens is 1. The van der Waals surface area contributed by atoms with Crippen LogP contribution in [-0.4, -0.2) is 0 Å². The van der Waals surface area contributed by atoms with Crippen molar-refractivity contribution in [1.29, 1.82) is 0 Å². The van der Waals surface area contributed by atoms with E-state index in [0.29, 0.717) is 5.56 Å². The molecule has 20 heavy (non-hydrogen) atoms. The average Bonchev–Trinajstić information content (AvgIpc) is 2.43. The van der Waals surface area contributed by atoms with Crippen LogP contribution in [0.25, 0.3) is 17.3 Å². The molecule has 1 nitrogen and oxygen atoms in total. The molecule has 0 atom stereocenters. The van der Waals surface area contributed by atoms with Crippen LogP contribution >= 0.6 is 0 Å². The lowest BCUT2D eigenvalue weighted by Gasteiger charge is -2.10. The Morgan fingerprint density at radius 1 is 1.20 bits per heavy atom. The molecule has 3 rings (SSSR count). The van der Waals surface area contributed by atoms with E-state index in [4.69, 9.17) is 0 Å². The van der Waals surface area contributed by atoms with Crippen LogP contribution in [0, 0.1) is 26.4 Å². The van der Waals surface area contributed by atoms with Crippen LogP contribution in [0.3, 0.4) is 0 Å². The van der Waals surface area contributed by atoms with E-state index in [1.807, 2.05) is 23.4 Å². The van der Waals surface area contributed by atoms with Gasteiger partial charge in [-0.1, -0.05) is 18.2 Å². The normalized spacial score (nSPS) is 12.9. The Labute approximate surface area is 118 Å². The minimum atomic E-state index is -0.155. The first-order valence-electron chi connectivity index (χ1n) is 6.73. The summed E-state index contributed by atoms with van der Waals surface area (Å²) in [7, 11) is 0. The summed E-state index contributed by atoms with van der Waals surface area (Å²) in [4.78, 5) is 0. The van der Waals surface area contributed by atoms with Crippen LogP contribution < -0.4 is 9.46 Å². The summed E-state index contributed by atoms with van der Waals surface area (Å²) in [5.74, 6) is -0.155. The second kappa shape index (κ2) is 4.71. The van der Waals surface area contributed by atoms with Crippen LogP contribution in [0.2, 0.25) is 0 Å². The van der Waals surface area contributed by atoms with E-state index in [1.165, 1.54) is 10.8 Å². The number of aromatic nitrogens is 1. The summed E-state index contributed by atoms with van der Waals surface area (Å²) in [6, 6.07) is 5.59. The third kappa shape index (κ3) is 1.97. The molecule has 0 N–H and O–H groups in total. The highest BCUT2D eigenvalue weighted by Gasteiger charge is 2.19. The minimum absolute atomic E-state index is 0.155. The molecule has 1 aromatic heterocycles. The summed E-state index contributed by atoms with van der Waals surface area (Å²) in [6.45, 7) is 7.83. The molecule has 2 aromatic rings. The zero-order valence-electron chi connectivity index (χ0n) is 11.8. The first kappa shape index (κ1) is 12.8. The predicted octanol–water partition coefficient (Wildman–Crippen LogP) is 2.93. The number of benzene rings is 1. The van der Waals surface area contributed by atoms with Gasteiger partial charge >= 0.3 is 0 Å². The van der Waals surface area contributed by atoms with Gasteiger partial charge in [0.15, 0.2) is 6.20 Å². The van der Waals surface area contributed by atoms with E-state index < -0.39 is 0 Å². The molecule has 0 saturated carbocycles. The summed E-state index contributed by atoms with van der Waals surface area (Å²) < 4.78 is 15.6. The van der Waals surface area contributed by atoms with Crippen molar-refractivity contribution in [2.75, 3.05) is 0 Å². The number of fused-ring (bicyclic) bond motifs is 1. The highest BCUT2D eigenvalue weighted by Crippen LogP contribution is 2.25. The standard InChI is InChI=1S/C18H17FN/c1-12-11-17(19)13(2)10-16(12)18-15-7-5-4-6-14(15)8-9-20(18)3/h4-6,8-11H,3,7H2,1-2H3/q+1. The van der Waals surface area contributed by atoms with E-state index in [-0.39, 0.29) is 5.82 Å². The van der Waals surface area contributed by atoms with Crippen LogP contribution in [0.4, 0.5) is 4.39 Å². The summed E-state index contributed by atoms with van der Waals surface area (Å²) in [6.07, 6.45) is 9.16. The smallest absolute Gasteiger partial charge is 0.207 e. The fourth-order valence-electron chi connectivity index (χ4n) is 2.74. The molecular weight excluding hydrogens is 249 g/mol. The van der Waals surface area contributed by atoms with E-state index >= 15 is 0 Å². The summed E-state index contributed by atoms with van der Waals surface area (Å²) in [5.41, 5.74) is 4.98. The molecule has 0 aliphatic heterocycles. The lowest BCUT2D eigenvalue weighted by molar-refractivity contribution is -0.486. The molecule has 0 spiro atoms. The van der Waals surface area contributed by atoms with Crippen molar-refractivity contribution in [3.05, 3.63) is 71.0 Å². The first-order valence-corrected chi connectivity index (χ1v) is 6.73. The number of aryl methyl sites for hydroxylation is 2. The Bertz CT molecular complexity index is 831. The van der Waals surface area contributed by atoms with Gasteiger partial charge in [-0.05, 0) is 48.7 Å². The Hall–Kier alpha value is -2.22. The van der Waals surface area contributed by atoms with Crippen LogP contribution in [0.1, 0.15) is 16.7 Å². The van der Waals surface area contributed by atoms with Crippen molar-refractivity contribution in [1.82, 2.24) is 0 Å². The maximum Gasteiger partial charge on any atom is 0.221 e. The molecule has 0 amide bonds. The van der Waals surface area contributed by atoms with Gasteiger partial charge < -0.3 is 0 Å². The van der Waals surface area contributed by atoms with Crippen LogP contribution in [-0.2, 0) is 6.42 Å². The molecule has 1 aliphatic rings. The first-order chi connectivity index (χ1) is 9.58. The number of hydrogen-bond acceptors (Lipinski definition) is 0. The number of pyridine rings is 1. The van der Waals surface area contributed by atoms with Crippen molar-refractivity contribution in [2.24, 2.45) is 0 Å². The molecule has 0 unspecified atom stereocenters. The molecule has 1 aromatic carbocycles. The lowest BCUT2D eigenvalue weighted by atomic mass is 9.94. The molecule has 0 bridgehead atoms. The molecule has 2 heteroatoms. The third-order valence-corrected chi connectivity index (χ3v) is 3.85. The minimum Gasteiger partial charge on any atom is -0.207 e. The van der Waals surface area contributed by atoms with Crippen molar-refractivity contribution in [3.8, 4) is 11.3 Å². The van der Waals surface area contributed by atoms with Crippen LogP contribution in [0.15, 0.2) is 36.5 Å². The summed E-state index contributed by atoms with van der Waals surface area (Å²) >= 11 is 0. The largest absolute Gasteiger partial charge is 0.221 e. The Morgan fingerprint density at radius 3 is 2.80 bits per heavy atom. The Morgan fingerprint density at radius 2 is 2.00 bits per heavy atom. The third-order valence-electron chi connectivity index (χ3n) is 3.85. The van der Waals surface area contributed by atoms with Crippen LogP contribution in [0.5, 0.6) is 0 Å². The van der Waals surface area contributed by atoms with E-state index in [1.54, 1.807) is 13.0 Å². The maximum atomic E-state index is 13.7. The van der Waals surface area contributed by atoms with Gasteiger partial charge in [0.1, 0.15) is 12.5 Å². The fraction of sp³-hybridized carbons (Fsp3) is 0.167. The number of nitrogens with zero attached hydrogens (tertiary/aromatic N) is 1. The van der Waals surface area contributed by atoms with Gasteiger partial charge in [0.2, 0.25) is 5.69 Å². The van der Waals surface area contributed by atoms with Gasteiger partial charge in [-0.2, -0.15) is 4.24 Å². The SMILES string of the molecule is C=[n+]1ccc2c(c1-c1cc(C)c(F)cc1C)CC=CC=2. The number of hydrogen-bond donors (Lipinski definition) is 0. The Balaban J connectivity index is 2.37. The molecular formula is C18H17FN+. The molecule has 1 aliphatic carbocycles. The van der Waals surface area contributed by atoms with Gasteiger partial charge in [0.25, 0.3) is 0 Å². The maximum absolute atomic E-state index is 13.7. The zero-order valence-corrected chi connectivity index (χ0v) is 11.8. The van der Waals surface area contributed by atoms with Gasteiger partial charge in [0.05, 0.1) is 5.56 Å². The van der Waals surface area contributed by atoms with E-state index in [2.05, 4.69) is 31.0 Å². The topological polar surface area (TPSA) is 5.90 Å². The lowest BCUT2D eigenvalue weighted by Crippen LogP contribution is -2.26. The average molecular weight is 266 g/mol. The second-order valence-corrected chi connectivity index (χ2v) is 5.28. The molecule has 100 valence electrons. The van der Waals surface area contributed by atoms with Crippen molar-refractivity contribution < 1.29 is 8.63 Å². The van der Waals surface area contributed by atoms with Gasteiger partial charge in [0, 0.05) is 11.6 Å². The monoisotopic (exact) mass is 266 g/mol. The van der Waals surface area contributed by atoms with Gasteiger partial charge in [-0.15, -0.1) is 0 Å².